The average molecular weight is 272 g/mol. The molecule has 5 heteroatoms. The predicted octanol–water partition coefficient (Wildman–Crippen LogP) is 2.51. The van der Waals surface area contributed by atoms with Gasteiger partial charge in [-0.15, -0.1) is 0 Å². The van der Waals surface area contributed by atoms with Crippen molar-refractivity contribution in [1.82, 2.24) is 0 Å². The van der Waals surface area contributed by atoms with Crippen LogP contribution in [0.3, 0.4) is 0 Å². The van der Waals surface area contributed by atoms with Gasteiger partial charge in [-0.05, 0) is 29.4 Å². The minimum Gasteiger partial charge on any atom is -0.375 e. The molecule has 0 aliphatic carbocycles. The highest BCUT2D eigenvalue weighted by Gasteiger charge is 2.23. The Labute approximate surface area is 108 Å². The van der Waals surface area contributed by atoms with Crippen molar-refractivity contribution >= 4 is 10.1 Å². The summed E-state index contributed by atoms with van der Waals surface area (Å²) < 4.78 is 30.3. The van der Waals surface area contributed by atoms with Crippen LogP contribution < -0.4 is 0 Å². The Bertz CT molecular complexity index is 493. The van der Waals surface area contributed by atoms with Gasteiger partial charge in [0.05, 0.1) is 0 Å². The molecule has 0 saturated heterocycles. The summed E-state index contributed by atoms with van der Waals surface area (Å²) in [6, 6.07) is 7.83. The van der Waals surface area contributed by atoms with E-state index in [-0.39, 0.29) is 12.3 Å². The van der Waals surface area contributed by atoms with Crippen molar-refractivity contribution in [2.45, 2.75) is 44.5 Å². The molecule has 0 radical (unpaired) electrons. The van der Waals surface area contributed by atoms with Crippen LogP contribution in [0.4, 0.5) is 0 Å². The molecule has 0 saturated carbocycles. The third kappa shape index (κ3) is 4.08. The lowest BCUT2D eigenvalue weighted by Crippen LogP contribution is -2.21. The van der Waals surface area contributed by atoms with Crippen molar-refractivity contribution in [2.24, 2.45) is 0 Å². The van der Waals surface area contributed by atoms with Gasteiger partial charge in [0.15, 0.2) is 5.44 Å². The smallest absolute Gasteiger partial charge is 0.292 e. The van der Waals surface area contributed by atoms with Crippen molar-refractivity contribution < 1.29 is 18.1 Å². The molecule has 1 rings (SSSR count). The lowest BCUT2D eigenvalue weighted by molar-refractivity contribution is 0.215. The van der Waals surface area contributed by atoms with E-state index in [4.69, 9.17) is 4.55 Å². The number of rotatable bonds is 5. The van der Waals surface area contributed by atoms with Gasteiger partial charge in [-0.3, -0.25) is 4.55 Å². The second kappa shape index (κ2) is 5.82. The van der Waals surface area contributed by atoms with Crippen molar-refractivity contribution in [3.63, 3.8) is 0 Å². The number of hydrogen-bond acceptors (Lipinski definition) is 3. The number of benzene rings is 1. The maximum absolute atomic E-state index is 10.8. The Morgan fingerprint density at radius 3 is 2.22 bits per heavy atom. The first-order valence-electron chi connectivity index (χ1n) is 5.96. The van der Waals surface area contributed by atoms with Crippen molar-refractivity contribution in [3.8, 4) is 0 Å². The monoisotopic (exact) mass is 272 g/mol. The summed E-state index contributed by atoms with van der Waals surface area (Å²) in [7, 11) is -4.38. The van der Waals surface area contributed by atoms with Crippen LogP contribution in [0.1, 0.15) is 50.2 Å². The normalized spacial score (nSPS) is 15.7. The summed E-state index contributed by atoms with van der Waals surface area (Å²) in [6.07, 6.45) is -0.0135. The summed E-state index contributed by atoms with van der Waals surface area (Å²) in [4.78, 5) is 0. The van der Waals surface area contributed by atoms with E-state index in [1.807, 2.05) is 31.2 Å². The van der Waals surface area contributed by atoms with Crippen molar-refractivity contribution in [1.29, 1.82) is 0 Å². The maximum Gasteiger partial charge on any atom is 0.292 e. The third-order valence-electron chi connectivity index (χ3n) is 3.05. The van der Waals surface area contributed by atoms with E-state index in [1.165, 1.54) is 5.56 Å². The Balaban J connectivity index is 2.85. The molecule has 2 atom stereocenters. The fourth-order valence-electron chi connectivity index (χ4n) is 1.78. The van der Waals surface area contributed by atoms with E-state index in [1.54, 1.807) is 0 Å². The molecule has 18 heavy (non-hydrogen) atoms. The van der Waals surface area contributed by atoms with E-state index in [0.29, 0.717) is 5.92 Å². The Kier molecular flexibility index (Phi) is 4.90. The third-order valence-corrected chi connectivity index (χ3v) is 3.93. The van der Waals surface area contributed by atoms with Crippen molar-refractivity contribution in [3.05, 3.63) is 35.4 Å². The van der Waals surface area contributed by atoms with E-state index in [0.717, 1.165) is 5.56 Å². The molecular weight excluding hydrogens is 252 g/mol. The Morgan fingerprint density at radius 1 is 1.17 bits per heavy atom. The van der Waals surface area contributed by atoms with E-state index >= 15 is 0 Å². The molecule has 0 heterocycles. The Hall–Kier alpha value is -0.910. The first kappa shape index (κ1) is 15.1. The molecule has 2 unspecified atom stereocenters. The van der Waals surface area contributed by atoms with Crippen LogP contribution in [0.25, 0.3) is 0 Å². The first-order chi connectivity index (χ1) is 8.21. The van der Waals surface area contributed by atoms with Gasteiger partial charge in [-0.2, -0.15) is 8.42 Å². The summed E-state index contributed by atoms with van der Waals surface area (Å²) in [5, 5.41) is 9.36. The fourth-order valence-corrected chi connectivity index (χ4v) is 2.32. The van der Waals surface area contributed by atoms with Gasteiger partial charge in [0.25, 0.3) is 10.1 Å². The van der Waals surface area contributed by atoms with Crippen LogP contribution in [-0.4, -0.2) is 23.5 Å². The van der Waals surface area contributed by atoms with Gasteiger partial charge in [0, 0.05) is 0 Å². The highest BCUT2D eigenvalue weighted by molar-refractivity contribution is 7.86. The average Bonchev–Trinajstić information content (AvgIpc) is 2.27. The zero-order chi connectivity index (χ0) is 13.9. The SMILES string of the molecule is CC(C)c1cccc(C(C)CC(O)S(=O)(=O)O)c1. The summed E-state index contributed by atoms with van der Waals surface area (Å²) in [5.74, 6) is 0.254. The molecule has 1 aromatic carbocycles. The van der Waals surface area contributed by atoms with Crippen LogP contribution in [0.5, 0.6) is 0 Å². The van der Waals surface area contributed by atoms with Crippen LogP contribution >= 0.6 is 0 Å². The predicted molar refractivity (Wildman–Crippen MR) is 71.1 cm³/mol. The molecule has 4 nitrogen and oxygen atoms in total. The molecule has 0 amide bonds. The quantitative estimate of drug-likeness (QED) is 0.808. The lowest BCUT2D eigenvalue weighted by Gasteiger charge is -2.16. The second-order valence-electron chi connectivity index (χ2n) is 4.93. The van der Waals surface area contributed by atoms with Crippen LogP contribution in [-0.2, 0) is 10.1 Å². The number of hydrogen-bond donors (Lipinski definition) is 2. The Morgan fingerprint density at radius 2 is 1.72 bits per heavy atom. The summed E-state index contributed by atoms with van der Waals surface area (Å²) in [6.45, 7) is 5.99. The molecular formula is C13H20O4S. The van der Waals surface area contributed by atoms with Gasteiger partial charge < -0.3 is 5.11 Å². The first-order valence-corrected chi connectivity index (χ1v) is 7.46. The van der Waals surface area contributed by atoms with E-state index in [2.05, 4.69) is 13.8 Å². The molecule has 0 aliphatic rings. The highest BCUT2D eigenvalue weighted by Crippen LogP contribution is 2.25. The van der Waals surface area contributed by atoms with Gasteiger partial charge in [-0.25, -0.2) is 0 Å². The van der Waals surface area contributed by atoms with Crippen LogP contribution in [0.15, 0.2) is 24.3 Å². The topological polar surface area (TPSA) is 74.6 Å². The minimum atomic E-state index is -4.38. The van der Waals surface area contributed by atoms with Crippen molar-refractivity contribution in [2.75, 3.05) is 0 Å². The van der Waals surface area contributed by atoms with Crippen LogP contribution in [0, 0.1) is 0 Å². The second-order valence-corrected chi connectivity index (χ2v) is 6.51. The van der Waals surface area contributed by atoms with E-state index < -0.39 is 15.6 Å². The standard InChI is InChI=1S/C13H20O4S/c1-9(2)11-5-4-6-12(8-11)10(3)7-13(14)18(15,16)17/h4-6,8-10,13-14H,7H2,1-3H3,(H,15,16,17). The molecule has 0 spiro atoms. The minimum absolute atomic E-state index is 0.0135. The fraction of sp³-hybridized carbons (Fsp3) is 0.538. The molecule has 0 bridgehead atoms. The zero-order valence-corrected chi connectivity index (χ0v) is 11.7. The van der Waals surface area contributed by atoms with Gasteiger partial charge in [0.2, 0.25) is 0 Å². The number of aliphatic hydroxyl groups excluding tert-OH is 1. The number of aliphatic hydroxyl groups is 1. The largest absolute Gasteiger partial charge is 0.375 e. The van der Waals surface area contributed by atoms with Gasteiger partial charge in [0.1, 0.15) is 0 Å². The van der Waals surface area contributed by atoms with Gasteiger partial charge >= 0.3 is 0 Å². The molecule has 2 N–H and O–H groups in total. The molecule has 1 aromatic rings. The molecule has 0 aromatic heterocycles. The van der Waals surface area contributed by atoms with Crippen LogP contribution in [0.2, 0.25) is 0 Å². The van der Waals surface area contributed by atoms with E-state index in [9.17, 15) is 13.5 Å². The summed E-state index contributed by atoms with van der Waals surface area (Å²) in [5.41, 5.74) is 0.403. The maximum atomic E-state index is 10.8. The highest BCUT2D eigenvalue weighted by atomic mass is 32.2. The zero-order valence-electron chi connectivity index (χ0n) is 10.9. The molecule has 102 valence electrons. The molecule has 0 aliphatic heterocycles. The lowest BCUT2D eigenvalue weighted by atomic mass is 9.93. The summed E-state index contributed by atoms with van der Waals surface area (Å²) >= 11 is 0. The molecule has 0 fully saturated rings. The van der Waals surface area contributed by atoms with Gasteiger partial charge in [-0.1, -0.05) is 45.0 Å².